The van der Waals surface area contributed by atoms with Gasteiger partial charge < -0.3 is 14.6 Å². The molecular formula is C29H27N3O5S2. The molecule has 1 atom stereocenters. The van der Waals surface area contributed by atoms with Crippen molar-refractivity contribution in [1.82, 2.24) is 9.78 Å². The minimum atomic E-state index is -0.877. The predicted octanol–water partition coefficient (Wildman–Crippen LogP) is 7.37. The van der Waals surface area contributed by atoms with Gasteiger partial charge in [-0.05, 0) is 49.2 Å². The van der Waals surface area contributed by atoms with Gasteiger partial charge in [0.1, 0.15) is 17.7 Å². The van der Waals surface area contributed by atoms with E-state index in [0.717, 1.165) is 35.8 Å². The highest BCUT2D eigenvalue weighted by atomic mass is 32.1. The fourth-order valence-corrected chi connectivity index (χ4v) is 6.71. The zero-order valence-electron chi connectivity index (χ0n) is 21.6. The fraction of sp³-hybridized carbons (Fsp3) is 0.207. The van der Waals surface area contributed by atoms with Crippen LogP contribution in [0, 0.1) is 0 Å². The van der Waals surface area contributed by atoms with E-state index in [1.165, 1.54) is 0 Å². The number of fused-ring (bicyclic) bond motifs is 1. The van der Waals surface area contributed by atoms with E-state index in [-0.39, 0.29) is 6.42 Å². The van der Waals surface area contributed by atoms with Gasteiger partial charge in [0.15, 0.2) is 0 Å². The largest absolute Gasteiger partial charge is 0.493 e. The Morgan fingerprint density at radius 2 is 1.72 bits per heavy atom. The quantitative estimate of drug-likeness (QED) is 0.195. The van der Waals surface area contributed by atoms with Crippen LogP contribution in [0.2, 0.25) is 0 Å². The van der Waals surface area contributed by atoms with Gasteiger partial charge in [0.25, 0.3) is 0 Å². The summed E-state index contributed by atoms with van der Waals surface area (Å²) in [6, 6.07) is 19.3. The number of nitrogens with zero attached hydrogens (tertiary/aromatic N) is 2. The second-order valence-electron chi connectivity index (χ2n) is 8.90. The maximum atomic E-state index is 12.7. The van der Waals surface area contributed by atoms with E-state index in [4.69, 9.17) is 14.6 Å². The highest BCUT2D eigenvalue weighted by Crippen LogP contribution is 2.45. The van der Waals surface area contributed by atoms with Crippen molar-refractivity contribution in [3.05, 3.63) is 78.0 Å². The van der Waals surface area contributed by atoms with E-state index in [9.17, 15) is 9.59 Å². The Hall–Kier alpha value is -4.15. The Morgan fingerprint density at radius 3 is 2.38 bits per heavy atom. The monoisotopic (exact) mass is 561 g/mol. The summed E-state index contributed by atoms with van der Waals surface area (Å²) in [6.45, 7) is 4.22. The lowest BCUT2D eigenvalue weighted by molar-refractivity contribution is -0.136. The molecule has 5 aromatic rings. The van der Waals surface area contributed by atoms with Crippen LogP contribution in [0.15, 0.2) is 66.9 Å². The number of nitrogens with one attached hydrogen (secondary N) is 1. The number of carboxylic acids is 1. The second kappa shape index (κ2) is 11.3. The first kappa shape index (κ1) is 26.5. The third-order valence-electron chi connectivity index (χ3n) is 6.15. The van der Waals surface area contributed by atoms with Crippen molar-refractivity contribution in [1.29, 1.82) is 0 Å². The lowest BCUT2D eigenvalue weighted by Crippen LogP contribution is -2.18. The minimum Gasteiger partial charge on any atom is -0.493 e. The number of amides is 1. The first-order valence-electron chi connectivity index (χ1n) is 12.4. The molecule has 0 aliphatic rings. The Morgan fingerprint density at radius 1 is 1.03 bits per heavy atom. The van der Waals surface area contributed by atoms with Gasteiger partial charge in [-0.1, -0.05) is 36.4 Å². The van der Waals surface area contributed by atoms with Crippen molar-refractivity contribution in [2.75, 3.05) is 11.9 Å². The van der Waals surface area contributed by atoms with Crippen molar-refractivity contribution in [2.24, 2.45) is 7.05 Å². The standard InChI is InChI=1S/C29H27N3O5S2/c1-4-36-22-12-18(13-27(33)34)10-11-20(22)23-14-25-26(38-23)15-24(39-25)21-16-30-32(3)28(21)31-29(35)37-17(2)19-8-6-5-7-9-19/h5-12,14-17H,4,13H2,1-3H3,(H,31,35)(H,33,34)/t17-/m1/s1. The Kier molecular flexibility index (Phi) is 7.67. The summed E-state index contributed by atoms with van der Waals surface area (Å²) in [5.74, 6) is 0.354. The van der Waals surface area contributed by atoms with E-state index in [1.807, 2.05) is 56.3 Å². The number of thiophene rings is 2. The lowest BCUT2D eigenvalue weighted by Gasteiger charge is -2.14. The van der Waals surface area contributed by atoms with Crippen molar-refractivity contribution < 1.29 is 24.2 Å². The molecule has 0 aliphatic heterocycles. The summed E-state index contributed by atoms with van der Waals surface area (Å²) in [5.41, 5.74) is 3.35. The molecule has 2 N–H and O–H groups in total. The molecule has 0 radical (unpaired) electrons. The van der Waals surface area contributed by atoms with Gasteiger partial charge in [-0.3, -0.25) is 14.8 Å². The van der Waals surface area contributed by atoms with Crippen LogP contribution in [0.25, 0.3) is 30.3 Å². The molecule has 0 unspecified atom stereocenters. The molecule has 0 fully saturated rings. The summed E-state index contributed by atoms with van der Waals surface area (Å²) >= 11 is 3.24. The summed E-state index contributed by atoms with van der Waals surface area (Å²) in [4.78, 5) is 25.9. The lowest BCUT2D eigenvalue weighted by atomic mass is 10.1. The van der Waals surface area contributed by atoms with Gasteiger partial charge >= 0.3 is 12.1 Å². The van der Waals surface area contributed by atoms with E-state index in [1.54, 1.807) is 46.7 Å². The Labute approximate surface area is 233 Å². The molecule has 200 valence electrons. The molecule has 0 saturated carbocycles. The summed E-state index contributed by atoms with van der Waals surface area (Å²) in [6.07, 6.45) is 0.740. The van der Waals surface area contributed by atoms with Crippen molar-refractivity contribution in [3.8, 4) is 26.6 Å². The third kappa shape index (κ3) is 5.81. The Balaban J connectivity index is 1.38. The van der Waals surface area contributed by atoms with E-state index in [2.05, 4.69) is 22.5 Å². The zero-order chi connectivity index (χ0) is 27.5. The predicted molar refractivity (Wildman–Crippen MR) is 155 cm³/mol. The number of ether oxygens (including phenoxy) is 2. The van der Waals surface area contributed by atoms with Crippen LogP contribution in [0.4, 0.5) is 10.6 Å². The number of aryl methyl sites for hydroxylation is 1. The van der Waals surface area contributed by atoms with Gasteiger partial charge in [0, 0.05) is 31.8 Å². The smallest absolute Gasteiger partial charge is 0.413 e. The summed E-state index contributed by atoms with van der Waals surface area (Å²) in [7, 11) is 1.77. The van der Waals surface area contributed by atoms with Gasteiger partial charge in [-0.25, -0.2) is 4.79 Å². The second-order valence-corrected chi connectivity index (χ2v) is 11.1. The molecule has 0 saturated heterocycles. The van der Waals surface area contributed by atoms with Crippen molar-refractivity contribution in [3.63, 3.8) is 0 Å². The number of carboxylic acid groups (broad SMARTS) is 1. The van der Waals surface area contributed by atoms with Crippen LogP contribution in [0.1, 0.15) is 31.1 Å². The number of hydrogen-bond donors (Lipinski definition) is 2. The first-order chi connectivity index (χ1) is 18.8. The molecule has 0 spiro atoms. The molecule has 10 heteroatoms. The fourth-order valence-electron chi connectivity index (χ4n) is 4.28. The van der Waals surface area contributed by atoms with Crippen molar-refractivity contribution in [2.45, 2.75) is 26.4 Å². The van der Waals surface area contributed by atoms with Crippen LogP contribution in [-0.4, -0.2) is 33.6 Å². The average molecular weight is 562 g/mol. The normalized spacial score (nSPS) is 11.9. The molecular weight excluding hydrogens is 534 g/mol. The average Bonchev–Trinajstić information content (AvgIpc) is 3.58. The minimum absolute atomic E-state index is 0.0521. The number of aliphatic carboxylic acids is 1. The van der Waals surface area contributed by atoms with Gasteiger partial charge in [-0.15, -0.1) is 22.7 Å². The van der Waals surface area contributed by atoms with Crippen LogP contribution in [-0.2, 0) is 23.0 Å². The number of carbonyl (C=O) groups is 2. The number of aromatic nitrogens is 2. The zero-order valence-corrected chi connectivity index (χ0v) is 23.3. The molecule has 3 aromatic heterocycles. The van der Waals surface area contributed by atoms with E-state index < -0.39 is 18.2 Å². The number of anilines is 1. The SMILES string of the molecule is CCOc1cc(CC(=O)O)ccc1-c1cc2sc(-c3cnn(C)c3NC(=O)O[C@H](C)c3ccccc3)cc2s1. The van der Waals surface area contributed by atoms with Crippen LogP contribution in [0.3, 0.4) is 0 Å². The maximum absolute atomic E-state index is 12.7. The molecule has 8 nitrogen and oxygen atoms in total. The van der Waals surface area contributed by atoms with Crippen LogP contribution >= 0.6 is 22.7 Å². The maximum Gasteiger partial charge on any atom is 0.413 e. The summed E-state index contributed by atoms with van der Waals surface area (Å²) < 4.78 is 15.2. The number of benzene rings is 2. The molecule has 0 aliphatic carbocycles. The van der Waals surface area contributed by atoms with E-state index >= 15 is 0 Å². The topological polar surface area (TPSA) is 103 Å². The molecule has 5 rings (SSSR count). The van der Waals surface area contributed by atoms with Gasteiger partial charge in [0.05, 0.1) is 24.8 Å². The van der Waals surface area contributed by atoms with Crippen molar-refractivity contribution >= 4 is 50.0 Å². The summed E-state index contributed by atoms with van der Waals surface area (Å²) in [5, 5.41) is 16.4. The Bertz CT molecular complexity index is 1610. The van der Waals surface area contributed by atoms with Gasteiger partial charge in [-0.2, -0.15) is 5.10 Å². The highest BCUT2D eigenvalue weighted by Gasteiger charge is 2.20. The molecule has 2 aromatic carbocycles. The number of carbonyl (C=O) groups excluding carboxylic acids is 1. The van der Waals surface area contributed by atoms with Crippen LogP contribution in [0.5, 0.6) is 5.75 Å². The number of hydrogen-bond acceptors (Lipinski definition) is 7. The molecule has 1 amide bonds. The van der Waals surface area contributed by atoms with Gasteiger partial charge in [0.2, 0.25) is 0 Å². The van der Waals surface area contributed by atoms with Crippen LogP contribution < -0.4 is 10.1 Å². The molecule has 39 heavy (non-hydrogen) atoms. The first-order valence-corrected chi connectivity index (χ1v) is 14.0. The highest BCUT2D eigenvalue weighted by molar-refractivity contribution is 7.31. The third-order valence-corrected chi connectivity index (χ3v) is 8.51. The number of rotatable bonds is 9. The molecule has 0 bridgehead atoms. The van der Waals surface area contributed by atoms with E-state index in [0.29, 0.717) is 23.7 Å². The molecule has 3 heterocycles.